The van der Waals surface area contributed by atoms with E-state index in [1.54, 1.807) is 0 Å². The van der Waals surface area contributed by atoms with E-state index in [1.165, 1.54) is 0 Å². The van der Waals surface area contributed by atoms with Crippen LogP contribution in [0.25, 0.3) is 0 Å². The predicted octanol–water partition coefficient (Wildman–Crippen LogP) is 0.606. The minimum atomic E-state index is -0.142. The van der Waals surface area contributed by atoms with Crippen molar-refractivity contribution in [2.24, 2.45) is 4.99 Å². The molecule has 0 aromatic heterocycles. The molecule has 23 heavy (non-hydrogen) atoms. The molecule has 0 spiro atoms. The van der Waals surface area contributed by atoms with E-state index in [2.05, 4.69) is 27.4 Å². The number of esters is 1. The van der Waals surface area contributed by atoms with E-state index in [-0.39, 0.29) is 5.97 Å². The fourth-order valence-electron chi connectivity index (χ4n) is 2.37. The Kier molecular flexibility index (Phi) is 10.4. The molecule has 1 fully saturated rings. The number of nitrogens with zero attached hydrogens (tertiary/aromatic N) is 2. The predicted molar refractivity (Wildman–Crippen MR) is 91.7 cm³/mol. The minimum Gasteiger partial charge on any atom is -0.466 e. The summed E-state index contributed by atoms with van der Waals surface area (Å²) in [7, 11) is 0. The number of guanidine groups is 1. The second-order valence-corrected chi connectivity index (χ2v) is 5.55. The molecule has 1 atom stereocenters. The van der Waals surface area contributed by atoms with Gasteiger partial charge in [0.2, 0.25) is 0 Å². The van der Waals surface area contributed by atoms with Gasteiger partial charge >= 0.3 is 5.97 Å². The lowest BCUT2D eigenvalue weighted by molar-refractivity contribution is -0.143. The molecule has 1 rings (SSSR count). The first-order valence-electron chi connectivity index (χ1n) is 8.67. The van der Waals surface area contributed by atoms with Crippen LogP contribution in [0.5, 0.6) is 0 Å². The summed E-state index contributed by atoms with van der Waals surface area (Å²) in [6.45, 7) is 12.3. The lowest BCUT2D eigenvalue weighted by Crippen LogP contribution is -2.44. The Morgan fingerprint density at radius 1 is 1.30 bits per heavy atom. The fourth-order valence-corrected chi connectivity index (χ4v) is 2.37. The van der Waals surface area contributed by atoms with Gasteiger partial charge in [0.05, 0.1) is 26.4 Å². The van der Waals surface area contributed by atoms with Crippen molar-refractivity contribution >= 4 is 11.9 Å². The highest BCUT2D eigenvalue weighted by Crippen LogP contribution is 2.03. The number of rotatable bonds is 9. The highest BCUT2D eigenvalue weighted by Gasteiger charge is 2.16. The number of hydrogen-bond acceptors (Lipinski definition) is 5. The summed E-state index contributed by atoms with van der Waals surface area (Å²) in [6, 6.07) is 0.397. The molecule has 0 aromatic carbocycles. The van der Waals surface area contributed by atoms with E-state index in [4.69, 9.17) is 9.47 Å². The molecule has 0 amide bonds. The van der Waals surface area contributed by atoms with Crippen LogP contribution in [0.2, 0.25) is 0 Å². The summed E-state index contributed by atoms with van der Waals surface area (Å²) in [5, 5.41) is 6.50. The number of hydrogen-bond donors (Lipinski definition) is 2. The molecule has 1 aliphatic rings. The Morgan fingerprint density at radius 2 is 2.04 bits per heavy atom. The van der Waals surface area contributed by atoms with Gasteiger partial charge < -0.3 is 20.1 Å². The van der Waals surface area contributed by atoms with E-state index < -0.39 is 0 Å². The molecule has 0 saturated carbocycles. The quantitative estimate of drug-likeness (QED) is 0.279. The van der Waals surface area contributed by atoms with Crippen molar-refractivity contribution in [1.82, 2.24) is 15.5 Å². The smallest absolute Gasteiger partial charge is 0.305 e. The summed E-state index contributed by atoms with van der Waals surface area (Å²) < 4.78 is 10.3. The Bertz CT molecular complexity index is 357. The van der Waals surface area contributed by atoms with Crippen molar-refractivity contribution in [2.75, 3.05) is 52.5 Å². The molecule has 1 unspecified atom stereocenters. The van der Waals surface area contributed by atoms with Crippen molar-refractivity contribution in [3.63, 3.8) is 0 Å². The normalized spacial score (nSPS) is 17.6. The van der Waals surface area contributed by atoms with Crippen LogP contribution in [0.4, 0.5) is 0 Å². The summed E-state index contributed by atoms with van der Waals surface area (Å²) >= 11 is 0. The SMILES string of the molecule is CCNC(=NCC(C)N1CCOCC1)NCCCC(=O)OCC. The zero-order valence-electron chi connectivity index (χ0n) is 14.8. The summed E-state index contributed by atoms with van der Waals surface area (Å²) in [4.78, 5) is 18.3. The number of nitrogens with one attached hydrogen (secondary N) is 2. The summed E-state index contributed by atoms with van der Waals surface area (Å²) in [6.07, 6.45) is 1.17. The van der Waals surface area contributed by atoms with Crippen LogP contribution in [0.3, 0.4) is 0 Å². The average molecular weight is 328 g/mol. The van der Waals surface area contributed by atoms with Crippen molar-refractivity contribution < 1.29 is 14.3 Å². The molecule has 2 N–H and O–H groups in total. The van der Waals surface area contributed by atoms with Gasteiger partial charge in [-0.05, 0) is 27.2 Å². The maximum atomic E-state index is 11.3. The Hall–Kier alpha value is -1.34. The molecule has 0 bridgehead atoms. The molecule has 0 radical (unpaired) electrons. The first-order valence-corrected chi connectivity index (χ1v) is 8.67. The molecule has 0 aliphatic carbocycles. The van der Waals surface area contributed by atoms with E-state index in [0.717, 1.165) is 51.8 Å². The van der Waals surface area contributed by atoms with E-state index in [9.17, 15) is 4.79 Å². The largest absolute Gasteiger partial charge is 0.466 e. The van der Waals surface area contributed by atoms with Gasteiger partial charge in [0.15, 0.2) is 5.96 Å². The second-order valence-electron chi connectivity index (χ2n) is 5.55. The topological polar surface area (TPSA) is 75.2 Å². The van der Waals surface area contributed by atoms with Gasteiger partial charge in [0.25, 0.3) is 0 Å². The lowest BCUT2D eigenvalue weighted by Gasteiger charge is -2.31. The first kappa shape index (κ1) is 19.7. The van der Waals surface area contributed by atoms with Gasteiger partial charge in [0.1, 0.15) is 0 Å². The first-order chi connectivity index (χ1) is 11.2. The van der Waals surface area contributed by atoms with Crippen molar-refractivity contribution in [3.05, 3.63) is 0 Å². The van der Waals surface area contributed by atoms with Gasteiger partial charge in [-0.2, -0.15) is 0 Å². The zero-order valence-corrected chi connectivity index (χ0v) is 14.8. The van der Waals surface area contributed by atoms with Crippen molar-refractivity contribution in [3.8, 4) is 0 Å². The third-order valence-electron chi connectivity index (χ3n) is 3.68. The summed E-state index contributed by atoms with van der Waals surface area (Å²) in [5.74, 6) is 0.661. The summed E-state index contributed by atoms with van der Waals surface area (Å²) in [5.41, 5.74) is 0. The zero-order chi connectivity index (χ0) is 16.9. The number of aliphatic imine (C=N–C) groups is 1. The molecule has 1 saturated heterocycles. The Labute approximate surface area is 139 Å². The molecule has 134 valence electrons. The minimum absolute atomic E-state index is 0.142. The van der Waals surface area contributed by atoms with Crippen LogP contribution in [0.1, 0.15) is 33.6 Å². The number of carbonyl (C=O) groups excluding carboxylic acids is 1. The van der Waals surface area contributed by atoms with Gasteiger partial charge in [-0.15, -0.1) is 0 Å². The number of carbonyl (C=O) groups is 1. The standard InChI is InChI=1S/C16H32N4O3/c1-4-17-16(18-8-6-7-15(21)23-5-2)19-13-14(3)20-9-11-22-12-10-20/h14H,4-13H2,1-3H3,(H2,17,18,19). The van der Waals surface area contributed by atoms with Crippen LogP contribution < -0.4 is 10.6 Å². The number of morpholine rings is 1. The third-order valence-corrected chi connectivity index (χ3v) is 3.68. The van der Waals surface area contributed by atoms with Gasteiger partial charge in [-0.3, -0.25) is 14.7 Å². The highest BCUT2D eigenvalue weighted by molar-refractivity contribution is 5.79. The number of ether oxygens (including phenoxy) is 2. The third kappa shape index (κ3) is 8.76. The molecule has 7 heteroatoms. The van der Waals surface area contributed by atoms with Crippen LogP contribution in [-0.2, 0) is 14.3 Å². The molecule has 1 aliphatic heterocycles. The van der Waals surface area contributed by atoms with Crippen molar-refractivity contribution in [1.29, 1.82) is 0 Å². The molecule has 0 aromatic rings. The van der Waals surface area contributed by atoms with E-state index in [0.29, 0.717) is 25.6 Å². The maximum absolute atomic E-state index is 11.3. The molecule has 7 nitrogen and oxygen atoms in total. The maximum Gasteiger partial charge on any atom is 0.305 e. The van der Waals surface area contributed by atoms with Crippen LogP contribution in [0, 0.1) is 0 Å². The van der Waals surface area contributed by atoms with Gasteiger partial charge in [-0.25, -0.2) is 0 Å². The average Bonchev–Trinajstić information content (AvgIpc) is 2.57. The fraction of sp³-hybridized carbons (Fsp3) is 0.875. The Balaban J connectivity index is 2.29. The van der Waals surface area contributed by atoms with Crippen LogP contribution in [0.15, 0.2) is 4.99 Å². The lowest BCUT2D eigenvalue weighted by atomic mass is 10.2. The highest BCUT2D eigenvalue weighted by atomic mass is 16.5. The van der Waals surface area contributed by atoms with Crippen LogP contribution >= 0.6 is 0 Å². The van der Waals surface area contributed by atoms with Gasteiger partial charge in [-0.1, -0.05) is 0 Å². The van der Waals surface area contributed by atoms with Crippen LogP contribution in [-0.4, -0.2) is 75.4 Å². The van der Waals surface area contributed by atoms with Gasteiger partial charge in [0, 0.05) is 38.6 Å². The second kappa shape index (κ2) is 12.1. The van der Waals surface area contributed by atoms with E-state index >= 15 is 0 Å². The monoisotopic (exact) mass is 328 g/mol. The molecular formula is C16H32N4O3. The van der Waals surface area contributed by atoms with Crippen molar-refractivity contribution in [2.45, 2.75) is 39.7 Å². The van der Waals surface area contributed by atoms with E-state index in [1.807, 2.05) is 13.8 Å². The molecular weight excluding hydrogens is 296 g/mol. The molecule has 1 heterocycles. The Morgan fingerprint density at radius 3 is 2.70 bits per heavy atom.